The summed E-state index contributed by atoms with van der Waals surface area (Å²) in [5.74, 6) is 3.52. The van der Waals surface area contributed by atoms with Gasteiger partial charge in [-0.25, -0.2) is 0 Å². The maximum atomic E-state index is 5.90. The Morgan fingerprint density at radius 2 is 2.13 bits per heavy atom. The number of thioether (sulfide) groups is 1. The Morgan fingerprint density at radius 1 is 1.23 bits per heavy atom. The third kappa shape index (κ3) is 6.07. The summed E-state index contributed by atoms with van der Waals surface area (Å²) in [5.41, 5.74) is 5.27. The zero-order valence-corrected chi connectivity index (χ0v) is 18.1. The number of ether oxygens (including phenoxy) is 2. The molecule has 160 valence electrons. The molecule has 1 aromatic heterocycles. The van der Waals surface area contributed by atoms with Crippen molar-refractivity contribution in [2.45, 2.75) is 6.92 Å². The summed E-state index contributed by atoms with van der Waals surface area (Å²) in [5, 5.41) is 4.35. The molecule has 8 nitrogen and oxygen atoms in total. The second kappa shape index (κ2) is 10.6. The molecule has 3 heterocycles. The Kier molecular flexibility index (Phi) is 7.39. The fraction of sp³-hybridized carbons (Fsp3) is 0.476. The predicted octanol–water partition coefficient (Wildman–Crippen LogP) is 2.45. The van der Waals surface area contributed by atoms with Crippen LogP contribution in [0.4, 0.5) is 11.6 Å². The van der Waals surface area contributed by atoms with Gasteiger partial charge in [0.15, 0.2) is 5.82 Å². The van der Waals surface area contributed by atoms with E-state index < -0.39 is 0 Å². The molecule has 0 spiro atoms. The first-order valence-electron chi connectivity index (χ1n) is 10.3. The van der Waals surface area contributed by atoms with Crippen molar-refractivity contribution in [1.82, 2.24) is 14.9 Å². The zero-order valence-electron chi connectivity index (χ0n) is 17.3. The standard InChI is InChI=1S/C21H28N6O2S/c1-17-3-2-4-18(13-17)15-22-25-19-14-20(27-8-12-30-16-27)24-21(23-19)29-11-7-26-5-9-28-10-6-26/h2-4,13-15H,5-12,16H2,1H3,(H,23,24,25)/b22-15+. The maximum absolute atomic E-state index is 5.90. The van der Waals surface area contributed by atoms with Crippen molar-refractivity contribution >= 4 is 29.6 Å². The zero-order chi connectivity index (χ0) is 20.6. The van der Waals surface area contributed by atoms with Crippen LogP contribution in [0.1, 0.15) is 11.1 Å². The van der Waals surface area contributed by atoms with E-state index in [-0.39, 0.29) is 0 Å². The SMILES string of the molecule is Cc1cccc(/C=N/Nc2cc(N3CCSC3)nc(OCCN3CCOCC3)n2)c1. The number of hydrogen-bond donors (Lipinski definition) is 1. The van der Waals surface area contributed by atoms with Gasteiger partial charge in [-0.15, -0.1) is 11.8 Å². The highest BCUT2D eigenvalue weighted by molar-refractivity contribution is 7.99. The highest BCUT2D eigenvalue weighted by Crippen LogP contribution is 2.25. The van der Waals surface area contributed by atoms with Gasteiger partial charge in [0, 0.05) is 38.0 Å². The number of aryl methyl sites for hydroxylation is 1. The molecule has 0 bridgehead atoms. The molecule has 2 saturated heterocycles. The van der Waals surface area contributed by atoms with Crippen LogP contribution in [0, 0.1) is 6.92 Å². The molecule has 2 aliphatic heterocycles. The molecule has 0 radical (unpaired) electrons. The Balaban J connectivity index is 1.41. The van der Waals surface area contributed by atoms with E-state index in [1.54, 1.807) is 6.21 Å². The molecule has 2 fully saturated rings. The molecule has 0 saturated carbocycles. The van der Waals surface area contributed by atoms with Crippen LogP contribution >= 0.6 is 11.8 Å². The lowest BCUT2D eigenvalue weighted by molar-refractivity contribution is 0.0317. The van der Waals surface area contributed by atoms with E-state index in [0.717, 1.165) is 62.4 Å². The lowest BCUT2D eigenvalue weighted by Gasteiger charge is -2.26. The van der Waals surface area contributed by atoms with E-state index in [4.69, 9.17) is 9.47 Å². The minimum absolute atomic E-state index is 0.380. The first-order chi connectivity index (χ1) is 14.8. The van der Waals surface area contributed by atoms with Crippen molar-refractivity contribution in [3.05, 3.63) is 41.5 Å². The van der Waals surface area contributed by atoms with Gasteiger partial charge in [0.05, 0.1) is 25.3 Å². The second-order valence-corrected chi connectivity index (χ2v) is 8.36. The van der Waals surface area contributed by atoms with Gasteiger partial charge in [0.25, 0.3) is 0 Å². The molecule has 0 atom stereocenters. The molecule has 0 amide bonds. The van der Waals surface area contributed by atoms with Gasteiger partial charge >= 0.3 is 6.01 Å². The minimum Gasteiger partial charge on any atom is -0.462 e. The van der Waals surface area contributed by atoms with E-state index in [1.807, 2.05) is 30.0 Å². The van der Waals surface area contributed by atoms with Crippen molar-refractivity contribution in [3.63, 3.8) is 0 Å². The number of nitrogens with zero attached hydrogens (tertiary/aromatic N) is 5. The highest BCUT2D eigenvalue weighted by Gasteiger charge is 2.17. The van der Waals surface area contributed by atoms with Crippen LogP contribution in [-0.2, 0) is 4.74 Å². The molecule has 2 aromatic rings. The fourth-order valence-corrected chi connectivity index (χ4v) is 4.27. The quantitative estimate of drug-likeness (QED) is 0.508. The van der Waals surface area contributed by atoms with Gasteiger partial charge in [0.2, 0.25) is 0 Å². The number of hydrazone groups is 1. The number of nitrogens with one attached hydrogen (secondary N) is 1. The summed E-state index contributed by atoms with van der Waals surface area (Å²) in [6.45, 7) is 7.87. The minimum atomic E-state index is 0.380. The highest BCUT2D eigenvalue weighted by atomic mass is 32.2. The fourth-order valence-electron chi connectivity index (χ4n) is 3.31. The van der Waals surface area contributed by atoms with Crippen LogP contribution in [0.25, 0.3) is 0 Å². The second-order valence-electron chi connectivity index (χ2n) is 7.28. The van der Waals surface area contributed by atoms with E-state index in [0.29, 0.717) is 18.4 Å². The molecule has 0 unspecified atom stereocenters. The summed E-state index contributed by atoms with van der Waals surface area (Å²) < 4.78 is 11.3. The number of hydrogen-bond acceptors (Lipinski definition) is 9. The van der Waals surface area contributed by atoms with E-state index >= 15 is 0 Å². The smallest absolute Gasteiger partial charge is 0.320 e. The lowest BCUT2D eigenvalue weighted by Crippen LogP contribution is -2.38. The average molecular weight is 429 g/mol. The molecular formula is C21H28N6O2S. The molecule has 1 N–H and O–H groups in total. The Morgan fingerprint density at radius 3 is 2.93 bits per heavy atom. The van der Waals surface area contributed by atoms with Crippen molar-refractivity contribution in [1.29, 1.82) is 0 Å². The lowest BCUT2D eigenvalue weighted by atomic mass is 10.2. The van der Waals surface area contributed by atoms with E-state index in [1.165, 1.54) is 5.56 Å². The van der Waals surface area contributed by atoms with E-state index in [2.05, 4.69) is 49.4 Å². The van der Waals surface area contributed by atoms with Crippen LogP contribution in [0.5, 0.6) is 6.01 Å². The summed E-state index contributed by atoms with van der Waals surface area (Å²) in [4.78, 5) is 13.7. The molecule has 1 aromatic carbocycles. The van der Waals surface area contributed by atoms with Crippen molar-refractivity contribution < 1.29 is 9.47 Å². The van der Waals surface area contributed by atoms with Crippen LogP contribution in [0.2, 0.25) is 0 Å². The Bertz CT molecular complexity index is 853. The Labute approximate surface area is 181 Å². The number of morpholine rings is 1. The monoisotopic (exact) mass is 428 g/mol. The third-order valence-electron chi connectivity index (χ3n) is 4.95. The van der Waals surface area contributed by atoms with Crippen molar-refractivity contribution in [2.75, 3.05) is 68.0 Å². The topological polar surface area (TPSA) is 75.1 Å². The normalized spacial score (nSPS) is 17.6. The van der Waals surface area contributed by atoms with Crippen molar-refractivity contribution in [2.24, 2.45) is 5.10 Å². The Hall–Kier alpha value is -2.36. The average Bonchev–Trinajstić information content (AvgIpc) is 3.30. The summed E-state index contributed by atoms with van der Waals surface area (Å²) in [6, 6.07) is 10.5. The number of aromatic nitrogens is 2. The molecule has 0 aliphatic carbocycles. The molecule has 9 heteroatoms. The predicted molar refractivity (Wildman–Crippen MR) is 122 cm³/mol. The maximum Gasteiger partial charge on any atom is 0.320 e. The summed E-state index contributed by atoms with van der Waals surface area (Å²) >= 11 is 1.90. The largest absolute Gasteiger partial charge is 0.462 e. The number of rotatable bonds is 8. The molecule has 4 rings (SSSR count). The first kappa shape index (κ1) is 20.9. The van der Waals surface area contributed by atoms with E-state index in [9.17, 15) is 0 Å². The van der Waals surface area contributed by atoms with Crippen LogP contribution < -0.4 is 15.1 Å². The van der Waals surface area contributed by atoms with Gasteiger partial charge in [0.1, 0.15) is 12.4 Å². The van der Waals surface area contributed by atoms with Crippen LogP contribution in [0.15, 0.2) is 35.4 Å². The van der Waals surface area contributed by atoms with Crippen molar-refractivity contribution in [3.8, 4) is 6.01 Å². The molecule has 30 heavy (non-hydrogen) atoms. The van der Waals surface area contributed by atoms with Gasteiger partial charge in [-0.2, -0.15) is 15.1 Å². The first-order valence-corrected chi connectivity index (χ1v) is 11.4. The number of anilines is 2. The van der Waals surface area contributed by atoms with Gasteiger partial charge in [-0.05, 0) is 12.5 Å². The third-order valence-corrected chi connectivity index (χ3v) is 5.91. The van der Waals surface area contributed by atoms with Crippen LogP contribution in [0.3, 0.4) is 0 Å². The number of benzene rings is 1. The summed E-state index contributed by atoms with van der Waals surface area (Å²) in [6.07, 6.45) is 1.79. The molecular weight excluding hydrogens is 400 g/mol. The van der Waals surface area contributed by atoms with Crippen LogP contribution in [-0.4, -0.2) is 78.7 Å². The van der Waals surface area contributed by atoms with Gasteiger partial charge in [-0.3, -0.25) is 10.3 Å². The van der Waals surface area contributed by atoms with Gasteiger partial charge < -0.3 is 14.4 Å². The molecule has 2 aliphatic rings. The van der Waals surface area contributed by atoms with Gasteiger partial charge in [-0.1, -0.05) is 29.8 Å². The summed E-state index contributed by atoms with van der Waals surface area (Å²) in [7, 11) is 0.